The monoisotopic (exact) mass is 305 g/mol. The van der Waals surface area contributed by atoms with E-state index < -0.39 is 11.9 Å². The molecule has 3 rings (SSSR count). The van der Waals surface area contributed by atoms with E-state index in [1.165, 1.54) is 9.30 Å². The molecule has 3 heterocycles. The van der Waals surface area contributed by atoms with Crippen molar-refractivity contribution in [3.05, 3.63) is 35.5 Å². The lowest BCUT2D eigenvalue weighted by atomic mass is 10.1. The van der Waals surface area contributed by atoms with Crippen molar-refractivity contribution in [2.75, 3.05) is 20.2 Å². The van der Waals surface area contributed by atoms with E-state index in [2.05, 4.69) is 4.98 Å². The Morgan fingerprint density at radius 1 is 1.50 bits per heavy atom. The predicted octanol–water partition coefficient (Wildman–Crippen LogP) is 2.42. The van der Waals surface area contributed by atoms with Crippen molar-refractivity contribution in [3.63, 3.8) is 0 Å². The van der Waals surface area contributed by atoms with Crippen LogP contribution in [0.4, 0.5) is 4.39 Å². The summed E-state index contributed by atoms with van der Waals surface area (Å²) in [5.41, 5.74) is 1.21. The van der Waals surface area contributed by atoms with E-state index in [9.17, 15) is 9.18 Å². The highest BCUT2D eigenvalue weighted by atomic mass is 19.1. The van der Waals surface area contributed by atoms with Gasteiger partial charge in [-0.25, -0.2) is 4.98 Å². The van der Waals surface area contributed by atoms with E-state index in [-0.39, 0.29) is 11.8 Å². The molecular formula is C16H20FN3O2. The number of imidazole rings is 1. The number of ether oxygens (including phenoxy) is 1. The van der Waals surface area contributed by atoms with Gasteiger partial charge in [0, 0.05) is 26.4 Å². The minimum Gasteiger partial charge on any atom is -0.376 e. The molecule has 1 aliphatic heterocycles. The zero-order valence-electron chi connectivity index (χ0n) is 12.9. The predicted molar refractivity (Wildman–Crippen MR) is 80.4 cm³/mol. The number of pyridine rings is 1. The van der Waals surface area contributed by atoms with Gasteiger partial charge in [0.1, 0.15) is 5.65 Å². The van der Waals surface area contributed by atoms with E-state index in [0.717, 1.165) is 31.4 Å². The average Bonchev–Trinajstić information content (AvgIpc) is 2.84. The summed E-state index contributed by atoms with van der Waals surface area (Å²) >= 11 is 0. The van der Waals surface area contributed by atoms with Crippen LogP contribution in [-0.2, 0) is 4.74 Å². The highest BCUT2D eigenvalue weighted by molar-refractivity contribution is 5.93. The summed E-state index contributed by atoms with van der Waals surface area (Å²) in [5, 5.41) is 0. The molecule has 1 amide bonds. The van der Waals surface area contributed by atoms with Crippen molar-refractivity contribution in [3.8, 4) is 0 Å². The molecule has 0 unspecified atom stereocenters. The first-order valence-corrected chi connectivity index (χ1v) is 7.57. The van der Waals surface area contributed by atoms with Crippen LogP contribution in [0.3, 0.4) is 0 Å². The summed E-state index contributed by atoms with van der Waals surface area (Å²) < 4.78 is 21.4. The fraction of sp³-hybridized carbons (Fsp3) is 0.500. The van der Waals surface area contributed by atoms with Crippen LogP contribution in [0.5, 0.6) is 0 Å². The first-order valence-electron chi connectivity index (χ1n) is 7.57. The van der Waals surface area contributed by atoms with Crippen LogP contribution in [0.15, 0.2) is 18.3 Å². The molecule has 0 spiro atoms. The number of carbonyl (C=O) groups is 1. The number of likely N-dealkylation sites (N-methyl/N-ethyl adjacent to an activating group) is 1. The van der Waals surface area contributed by atoms with Crippen molar-refractivity contribution >= 4 is 11.6 Å². The van der Waals surface area contributed by atoms with E-state index in [4.69, 9.17) is 4.74 Å². The lowest BCUT2D eigenvalue weighted by molar-refractivity contribution is -0.000372. The summed E-state index contributed by atoms with van der Waals surface area (Å²) in [6, 6.07) is 3.55. The molecule has 0 radical (unpaired) electrons. The van der Waals surface area contributed by atoms with E-state index in [0.29, 0.717) is 12.2 Å². The van der Waals surface area contributed by atoms with Crippen LogP contribution in [-0.4, -0.2) is 46.5 Å². The summed E-state index contributed by atoms with van der Waals surface area (Å²) in [7, 11) is 1.66. The molecule has 0 bridgehead atoms. The van der Waals surface area contributed by atoms with Crippen molar-refractivity contribution in [1.29, 1.82) is 0 Å². The molecular weight excluding hydrogens is 285 g/mol. The third-order valence-corrected chi connectivity index (χ3v) is 4.01. The quantitative estimate of drug-likeness (QED) is 0.875. The van der Waals surface area contributed by atoms with Gasteiger partial charge in [-0.15, -0.1) is 0 Å². The van der Waals surface area contributed by atoms with Gasteiger partial charge < -0.3 is 9.64 Å². The normalized spacial score (nSPS) is 18.6. The summed E-state index contributed by atoms with van der Waals surface area (Å²) in [6.07, 6.45) is 4.77. The molecule has 0 aromatic carbocycles. The van der Waals surface area contributed by atoms with Crippen LogP contribution >= 0.6 is 0 Å². The number of carbonyl (C=O) groups excluding carboxylic acids is 1. The molecule has 1 saturated heterocycles. The zero-order chi connectivity index (χ0) is 15.7. The maximum Gasteiger partial charge on any atom is 0.277 e. The largest absolute Gasteiger partial charge is 0.376 e. The Morgan fingerprint density at radius 3 is 3.05 bits per heavy atom. The Balaban J connectivity index is 1.80. The number of aromatic nitrogens is 2. The van der Waals surface area contributed by atoms with Gasteiger partial charge in [-0.05, 0) is 37.8 Å². The first kappa shape index (κ1) is 15.0. The fourth-order valence-electron chi connectivity index (χ4n) is 2.78. The van der Waals surface area contributed by atoms with Crippen molar-refractivity contribution in [2.24, 2.45) is 0 Å². The van der Waals surface area contributed by atoms with E-state index in [1.54, 1.807) is 19.3 Å². The first-order chi connectivity index (χ1) is 10.6. The molecule has 1 fully saturated rings. The molecule has 0 N–H and O–H groups in total. The Labute approximate surface area is 128 Å². The van der Waals surface area contributed by atoms with Crippen molar-refractivity contribution in [1.82, 2.24) is 14.3 Å². The molecule has 2 aromatic heterocycles. The zero-order valence-corrected chi connectivity index (χ0v) is 12.9. The molecule has 1 atom stereocenters. The fourth-order valence-corrected chi connectivity index (χ4v) is 2.78. The molecule has 118 valence electrons. The van der Waals surface area contributed by atoms with Gasteiger partial charge in [0.15, 0.2) is 5.69 Å². The molecule has 1 aliphatic rings. The Hall–Kier alpha value is -1.95. The van der Waals surface area contributed by atoms with E-state index >= 15 is 0 Å². The van der Waals surface area contributed by atoms with Crippen molar-refractivity contribution in [2.45, 2.75) is 32.3 Å². The second kappa shape index (κ2) is 6.04. The maximum atomic E-state index is 14.4. The van der Waals surface area contributed by atoms with Gasteiger partial charge in [0.25, 0.3) is 5.91 Å². The molecule has 0 aliphatic carbocycles. The third-order valence-electron chi connectivity index (χ3n) is 4.01. The van der Waals surface area contributed by atoms with Crippen LogP contribution < -0.4 is 0 Å². The lowest BCUT2D eigenvalue weighted by Crippen LogP contribution is -2.37. The number of halogens is 1. The van der Waals surface area contributed by atoms with Gasteiger partial charge in [-0.3, -0.25) is 9.20 Å². The van der Waals surface area contributed by atoms with E-state index in [1.807, 2.05) is 13.0 Å². The lowest BCUT2D eigenvalue weighted by Gasteiger charge is -2.27. The Morgan fingerprint density at radius 2 is 2.32 bits per heavy atom. The second-order valence-electron chi connectivity index (χ2n) is 5.86. The standard InChI is InChI=1S/C16H20FN3O2/c1-11-6-7-13-18-14(15(17)20(13)9-11)16(21)19(2)10-12-5-3-4-8-22-12/h6-7,9,12H,3-5,8,10H2,1-2H3/t12-/m1/s1. The summed E-state index contributed by atoms with van der Waals surface area (Å²) in [4.78, 5) is 18.1. The third kappa shape index (κ3) is 2.83. The van der Waals surface area contributed by atoms with Gasteiger partial charge >= 0.3 is 0 Å². The number of amides is 1. The molecule has 6 heteroatoms. The number of fused-ring (bicyclic) bond motifs is 1. The Kier molecular flexibility index (Phi) is 4.11. The van der Waals surface area contributed by atoms with Gasteiger partial charge in [-0.2, -0.15) is 4.39 Å². The summed E-state index contributed by atoms with van der Waals surface area (Å²) in [5.74, 6) is -1.02. The maximum absolute atomic E-state index is 14.4. The average molecular weight is 305 g/mol. The van der Waals surface area contributed by atoms with Crippen LogP contribution in [0.2, 0.25) is 0 Å². The second-order valence-corrected chi connectivity index (χ2v) is 5.86. The molecule has 5 nitrogen and oxygen atoms in total. The molecule has 22 heavy (non-hydrogen) atoms. The topological polar surface area (TPSA) is 46.8 Å². The van der Waals surface area contributed by atoms with Gasteiger partial charge in [0.2, 0.25) is 5.95 Å². The van der Waals surface area contributed by atoms with Crippen LogP contribution in [0, 0.1) is 12.9 Å². The minimum absolute atomic E-state index is 0.0324. The number of aryl methyl sites for hydroxylation is 1. The highest BCUT2D eigenvalue weighted by Gasteiger charge is 2.25. The highest BCUT2D eigenvalue weighted by Crippen LogP contribution is 2.17. The number of hydrogen-bond acceptors (Lipinski definition) is 3. The smallest absolute Gasteiger partial charge is 0.277 e. The van der Waals surface area contributed by atoms with Crippen molar-refractivity contribution < 1.29 is 13.9 Å². The van der Waals surface area contributed by atoms with Crippen LogP contribution in [0.25, 0.3) is 5.65 Å². The number of nitrogens with zero attached hydrogens (tertiary/aromatic N) is 3. The molecule has 2 aromatic rings. The molecule has 0 saturated carbocycles. The van der Waals surface area contributed by atoms with Gasteiger partial charge in [-0.1, -0.05) is 6.07 Å². The van der Waals surface area contributed by atoms with Crippen LogP contribution in [0.1, 0.15) is 35.3 Å². The minimum atomic E-state index is -0.611. The SMILES string of the molecule is Cc1ccc2nc(C(=O)N(C)C[C@H]3CCCCO3)c(F)n2c1. The Bertz CT molecular complexity index is 692. The number of rotatable bonds is 3. The van der Waals surface area contributed by atoms with Gasteiger partial charge in [0.05, 0.1) is 6.10 Å². The number of hydrogen-bond donors (Lipinski definition) is 0. The summed E-state index contributed by atoms with van der Waals surface area (Å²) in [6.45, 7) is 3.06.